The molecule has 2 nitrogen and oxygen atoms in total. The van der Waals surface area contributed by atoms with Crippen LogP contribution in [0.25, 0.3) is 0 Å². The van der Waals surface area contributed by atoms with Gasteiger partial charge < -0.3 is 5.32 Å². The minimum absolute atomic E-state index is 0.0980. The normalized spacial score (nSPS) is 12.6. The molecule has 0 atom stereocenters. The highest BCUT2D eigenvalue weighted by molar-refractivity contribution is 5.92. The minimum atomic E-state index is 0.0980. The third-order valence-corrected chi connectivity index (χ3v) is 5.15. The Balaban J connectivity index is 2.08. The third kappa shape index (κ3) is 14.7. The number of anilines is 1. The number of hydrogen-bond acceptors (Lipinski definition) is 1. The predicted octanol–water partition coefficient (Wildman–Crippen LogP) is 9.03. The molecular weight excluding hydrogens is 402 g/mol. The second-order valence-electron chi connectivity index (χ2n) is 8.32. The van der Waals surface area contributed by atoms with Crippen LogP contribution in [0.5, 0.6) is 0 Å². The van der Waals surface area contributed by atoms with Crippen LogP contribution in [0.3, 0.4) is 0 Å². The summed E-state index contributed by atoms with van der Waals surface area (Å²) in [6.45, 7) is 8.22. The number of carbonyl (C=O) groups is 1. The monoisotopic (exact) mass is 445 g/mol. The van der Waals surface area contributed by atoms with Gasteiger partial charge in [-0.1, -0.05) is 90.6 Å². The number of benzene rings is 1. The minimum Gasteiger partial charge on any atom is -0.326 e. The summed E-state index contributed by atoms with van der Waals surface area (Å²) in [6.07, 6.45) is 33.6. The van der Waals surface area contributed by atoms with Crippen molar-refractivity contribution in [2.75, 3.05) is 5.32 Å². The van der Waals surface area contributed by atoms with E-state index in [1.807, 2.05) is 20.8 Å². The lowest BCUT2D eigenvalue weighted by molar-refractivity contribution is -0.116. The zero-order valence-electron chi connectivity index (χ0n) is 21.1. The molecular formula is C31H43NO. The van der Waals surface area contributed by atoms with Crippen LogP contribution in [0, 0.1) is 20.8 Å². The van der Waals surface area contributed by atoms with Crippen molar-refractivity contribution in [1.29, 1.82) is 0 Å². The molecule has 178 valence electrons. The summed E-state index contributed by atoms with van der Waals surface area (Å²) in [4.78, 5) is 12.2. The standard InChI is InChI=1S/C31H43NO/c1-5-6-7-8-9-10-11-12-13-14-15-16-17-18-19-20-21-22-23-24-30(33)32-31-28(3)25-27(2)26-29(31)4/h5-6,8-9,11-12,14-15,17-18,20-21,25-26H,7,10,13,16,19,22-24H2,1-4H3,(H,32,33)/b6-5+,9-8+,12-11+,15-14+,18-17+,21-20+. The zero-order chi connectivity index (χ0) is 24.2. The second kappa shape index (κ2) is 18.7. The smallest absolute Gasteiger partial charge is 0.224 e. The summed E-state index contributed by atoms with van der Waals surface area (Å²) in [5.74, 6) is 0.0980. The van der Waals surface area contributed by atoms with Gasteiger partial charge in [0.15, 0.2) is 0 Å². The first-order valence-corrected chi connectivity index (χ1v) is 12.3. The Morgan fingerprint density at radius 1 is 0.697 bits per heavy atom. The number of nitrogens with one attached hydrogen (secondary N) is 1. The molecule has 0 aliphatic rings. The molecule has 1 aromatic rings. The van der Waals surface area contributed by atoms with E-state index in [1.54, 1.807) is 0 Å². The number of allylic oxidation sites excluding steroid dienone is 12. The van der Waals surface area contributed by atoms with E-state index in [9.17, 15) is 4.79 Å². The summed E-state index contributed by atoms with van der Waals surface area (Å²) >= 11 is 0. The summed E-state index contributed by atoms with van der Waals surface area (Å²) in [6, 6.07) is 4.22. The maximum absolute atomic E-state index is 12.2. The maximum atomic E-state index is 12.2. The Kier molecular flexibility index (Phi) is 15.9. The van der Waals surface area contributed by atoms with E-state index in [0.717, 1.165) is 61.8 Å². The lowest BCUT2D eigenvalue weighted by Gasteiger charge is -2.12. The molecule has 0 fully saturated rings. The summed E-state index contributed by atoms with van der Waals surface area (Å²) < 4.78 is 0. The number of unbranched alkanes of at least 4 members (excludes halogenated alkanes) is 1. The van der Waals surface area contributed by atoms with Crippen LogP contribution in [0.15, 0.2) is 85.0 Å². The molecule has 1 aromatic carbocycles. The fourth-order valence-electron chi connectivity index (χ4n) is 3.47. The topological polar surface area (TPSA) is 29.1 Å². The van der Waals surface area contributed by atoms with Gasteiger partial charge in [0, 0.05) is 12.1 Å². The van der Waals surface area contributed by atoms with Crippen LogP contribution < -0.4 is 5.32 Å². The average Bonchev–Trinajstić information content (AvgIpc) is 2.77. The molecule has 33 heavy (non-hydrogen) atoms. The van der Waals surface area contributed by atoms with Crippen molar-refractivity contribution in [3.8, 4) is 0 Å². The molecule has 0 aliphatic heterocycles. The molecule has 0 saturated carbocycles. The Hall–Kier alpha value is -2.87. The fraction of sp³-hybridized carbons (Fsp3) is 0.387. The van der Waals surface area contributed by atoms with Crippen LogP contribution in [0.4, 0.5) is 5.69 Å². The highest BCUT2D eigenvalue weighted by Gasteiger charge is 2.07. The van der Waals surface area contributed by atoms with Gasteiger partial charge in [0.1, 0.15) is 0 Å². The van der Waals surface area contributed by atoms with E-state index >= 15 is 0 Å². The first-order chi connectivity index (χ1) is 16.0. The molecule has 0 bridgehead atoms. The molecule has 1 amide bonds. The highest BCUT2D eigenvalue weighted by Crippen LogP contribution is 2.22. The van der Waals surface area contributed by atoms with E-state index < -0.39 is 0 Å². The van der Waals surface area contributed by atoms with E-state index in [2.05, 4.69) is 97.3 Å². The van der Waals surface area contributed by atoms with Crippen molar-refractivity contribution in [2.24, 2.45) is 0 Å². The van der Waals surface area contributed by atoms with Crippen molar-refractivity contribution < 1.29 is 4.79 Å². The Morgan fingerprint density at radius 2 is 1.12 bits per heavy atom. The van der Waals surface area contributed by atoms with Gasteiger partial charge in [-0.3, -0.25) is 4.79 Å². The van der Waals surface area contributed by atoms with Crippen LogP contribution in [-0.4, -0.2) is 5.91 Å². The van der Waals surface area contributed by atoms with Gasteiger partial charge >= 0.3 is 0 Å². The molecule has 0 unspecified atom stereocenters. The lowest BCUT2D eigenvalue weighted by Crippen LogP contribution is -2.13. The van der Waals surface area contributed by atoms with E-state index in [0.29, 0.717) is 6.42 Å². The number of aryl methyl sites for hydroxylation is 3. The Bertz CT molecular complexity index is 842. The van der Waals surface area contributed by atoms with Crippen molar-refractivity contribution in [1.82, 2.24) is 0 Å². The van der Waals surface area contributed by atoms with Crippen LogP contribution >= 0.6 is 0 Å². The number of carbonyl (C=O) groups excluding carboxylic acids is 1. The Morgan fingerprint density at radius 3 is 1.58 bits per heavy atom. The summed E-state index contributed by atoms with van der Waals surface area (Å²) in [5.41, 5.74) is 4.44. The van der Waals surface area contributed by atoms with Crippen LogP contribution in [0.1, 0.15) is 75.0 Å². The van der Waals surface area contributed by atoms with Gasteiger partial charge in [0.25, 0.3) is 0 Å². The molecule has 0 heterocycles. The molecule has 1 N–H and O–H groups in total. The predicted molar refractivity (Wildman–Crippen MR) is 147 cm³/mol. The molecule has 0 saturated heterocycles. The van der Waals surface area contributed by atoms with Crippen LogP contribution in [0.2, 0.25) is 0 Å². The zero-order valence-corrected chi connectivity index (χ0v) is 21.1. The van der Waals surface area contributed by atoms with Gasteiger partial charge in [-0.25, -0.2) is 0 Å². The van der Waals surface area contributed by atoms with Crippen LogP contribution in [-0.2, 0) is 4.79 Å². The molecule has 1 rings (SSSR count). The van der Waals surface area contributed by atoms with Gasteiger partial charge in [0.05, 0.1) is 0 Å². The van der Waals surface area contributed by atoms with E-state index in [1.165, 1.54) is 5.56 Å². The fourth-order valence-corrected chi connectivity index (χ4v) is 3.47. The first-order valence-electron chi connectivity index (χ1n) is 12.3. The van der Waals surface area contributed by atoms with Gasteiger partial charge in [-0.05, 0) is 83.8 Å². The van der Waals surface area contributed by atoms with Gasteiger partial charge in [0.2, 0.25) is 5.91 Å². The number of hydrogen-bond donors (Lipinski definition) is 1. The van der Waals surface area contributed by atoms with Crippen molar-refractivity contribution in [2.45, 2.75) is 79.1 Å². The van der Waals surface area contributed by atoms with Gasteiger partial charge in [-0.15, -0.1) is 0 Å². The van der Waals surface area contributed by atoms with Crippen molar-refractivity contribution in [3.63, 3.8) is 0 Å². The molecule has 0 aromatic heterocycles. The van der Waals surface area contributed by atoms with Crippen molar-refractivity contribution in [3.05, 3.63) is 102 Å². The molecule has 0 spiro atoms. The lowest BCUT2D eigenvalue weighted by atomic mass is 10.0. The van der Waals surface area contributed by atoms with E-state index in [-0.39, 0.29) is 5.91 Å². The van der Waals surface area contributed by atoms with E-state index in [4.69, 9.17) is 0 Å². The average molecular weight is 446 g/mol. The SMILES string of the molecule is C/C=C/C/C=C/C/C=C/C/C=C/C/C=C/C/C=C/CCCC(=O)Nc1c(C)cc(C)cc1C. The number of amides is 1. The first kappa shape index (κ1) is 28.2. The highest BCUT2D eigenvalue weighted by atomic mass is 16.1. The summed E-state index contributed by atoms with van der Waals surface area (Å²) in [7, 11) is 0. The van der Waals surface area contributed by atoms with Crippen molar-refractivity contribution >= 4 is 11.6 Å². The molecule has 0 radical (unpaired) electrons. The molecule has 0 aliphatic carbocycles. The third-order valence-electron chi connectivity index (χ3n) is 5.15. The molecule has 2 heteroatoms. The number of rotatable bonds is 15. The van der Waals surface area contributed by atoms with Gasteiger partial charge in [-0.2, -0.15) is 0 Å². The quantitative estimate of drug-likeness (QED) is 0.212. The summed E-state index contributed by atoms with van der Waals surface area (Å²) in [5, 5.41) is 3.07. The second-order valence-corrected chi connectivity index (χ2v) is 8.32. The Labute approximate surface area is 202 Å². The largest absolute Gasteiger partial charge is 0.326 e. The maximum Gasteiger partial charge on any atom is 0.224 e.